The van der Waals surface area contributed by atoms with Gasteiger partial charge < -0.3 is 10.2 Å². The highest BCUT2D eigenvalue weighted by atomic mass is 16.3. The predicted molar refractivity (Wildman–Crippen MR) is 73.8 cm³/mol. The lowest BCUT2D eigenvalue weighted by atomic mass is 10.1. The summed E-state index contributed by atoms with van der Waals surface area (Å²) in [5.41, 5.74) is 8.36. The molecule has 0 amide bonds. The zero-order valence-corrected chi connectivity index (χ0v) is 11.4. The Balaban J connectivity index is 1.68. The topological polar surface area (TPSA) is 57.0 Å². The molecule has 0 saturated heterocycles. The summed E-state index contributed by atoms with van der Waals surface area (Å²) >= 11 is 0. The summed E-state index contributed by atoms with van der Waals surface area (Å²) in [7, 11) is 0. The van der Waals surface area contributed by atoms with Crippen molar-refractivity contribution in [3.63, 3.8) is 0 Å². The molecule has 1 unspecified atom stereocenters. The molecule has 1 saturated carbocycles. The number of hydrogen-bond donors (Lipinski definition) is 1. The number of aromatic nitrogens is 2. The van der Waals surface area contributed by atoms with E-state index in [0.29, 0.717) is 6.04 Å². The van der Waals surface area contributed by atoms with Gasteiger partial charge in [0.15, 0.2) is 0 Å². The van der Waals surface area contributed by atoms with E-state index in [1.807, 2.05) is 13.0 Å². The highest BCUT2D eigenvalue weighted by Crippen LogP contribution is 2.29. The largest absolute Gasteiger partial charge is 0.467 e. The van der Waals surface area contributed by atoms with Gasteiger partial charge in [0.2, 0.25) is 0 Å². The van der Waals surface area contributed by atoms with Gasteiger partial charge in [0.25, 0.3) is 0 Å². The van der Waals surface area contributed by atoms with E-state index >= 15 is 0 Å². The first-order valence-electron chi connectivity index (χ1n) is 7.07. The third-order valence-corrected chi connectivity index (χ3v) is 4.03. The molecule has 1 aliphatic carbocycles. The molecular formula is C15H21N3O. The average molecular weight is 259 g/mol. The van der Waals surface area contributed by atoms with E-state index in [1.165, 1.54) is 25.7 Å². The van der Waals surface area contributed by atoms with Gasteiger partial charge in [-0.3, -0.25) is 4.68 Å². The van der Waals surface area contributed by atoms with Gasteiger partial charge in [0.05, 0.1) is 24.0 Å². The first-order chi connectivity index (χ1) is 9.24. The summed E-state index contributed by atoms with van der Waals surface area (Å²) in [4.78, 5) is 0. The standard InChI is InChI=1S/C15H21N3O/c1-11-7-9-19-15(11)14(16)10-12-6-8-18(17-12)13-4-2-3-5-13/h6-9,13-14H,2-5,10,16H2,1H3. The fourth-order valence-electron chi connectivity index (χ4n) is 2.94. The minimum absolute atomic E-state index is 0.109. The maximum absolute atomic E-state index is 6.19. The Morgan fingerprint density at radius 1 is 1.42 bits per heavy atom. The zero-order chi connectivity index (χ0) is 13.2. The van der Waals surface area contributed by atoms with Crippen molar-refractivity contribution in [1.29, 1.82) is 0 Å². The maximum Gasteiger partial charge on any atom is 0.123 e. The van der Waals surface area contributed by atoms with Gasteiger partial charge in [-0.1, -0.05) is 12.8 Å². The van der Waals surface area contributed by atoms with Gasteiger partial charge in [0.1, 0.15) is 5.76 Å². The van der Waals surface area contributed by atoms with Gasteiger partial charge in [-0.05, 0) is 37.5 Å². The summed E-state index contributed by atoms with van der Waals surface area (Å²) in [6, 6.07) is 4.51. The molecule has 4 nitrogen and oxygen atoms in total. The lowest BCUT2D eigenvalue weighted by molar-refractivity contribution is 0.446. The monoisotopic (exact) mass is 259 g/mol. The molecule has 2 heterocycles. The third-order valence-electron chi connectivity index (χ3n) is 4.03. The second-order valence-corrected chi connectivity index (χ2v) is 5.50. The highest BCUT2D eigenvalue weighted by molar-refractivity contribution is 5.19. The lowest BCUT2D eigenvalue weighted by Crippen LogP contribution is -2.14. The Morgan fingerprint density at radius 3 is 2.89 bits per heavy atom. The summed E-state index contributed by atoms with van der Waals surface area (Å²) < 4.78 is 7.56. The molecule has 0 radical (unpaired) electrons. The van der Waals surface area contributed by atoms with Crippen LogP contribution in [0, 0.1) is 6.92 Å². The first-order valence-corrected chi connectivity index (χ1v) is 7.07. The molecule has 0 spiro atoms. The van der Waals surface area contributed by atoms with Crippen molar-refractivity contribution in [2.24, 2.45) is 5.73 Å². The van der Waals surface area contributed by atoms with Crippen molar-refractivity contribution in [3.8, 4) is 0 Å². The van der Waals surface area contributed by atoms with E-state index < -0.39 is 0 Å². The van der Waals surface area contributed by atoms with E-state index in [-0.39, 0.29) is 6.04 Å². The summed E-state index contributed by atoms with van der Waals surface area (Å²) in [5, 5.41) is 4.67. The van der Waals surface area contributed by atoms with Crippen molar-refractivity contribution in [1.82, 2.24) is 9.78 Å². The van der Waals surface area contributed by atoms with Crippen LogP contribution in [0.4, 0.5) is 0 Å². The van der Waals surface area contributed by atoms with Crippen molar-refractivity contribution < 1.29 is 4.42 Å². The maximum atomic E-state index is 6.19. The minimum Gasteiger partial charge on any atom is -0.467 e. The number of aryl methyl sites for hydroxylation is 1. The van der Waals surface area contributed by atoms with Crippen LogP contribution in [0.1, 0.15) is 54.8 Å². The number of furan rings is 1. The molecule has 3 rings (SSSR count). The van der Waals surface area contributed by atoms with E-state index in [4.69, 9.17) is 10.2 Å². The first kappa shape index (κ1) is 12.5. The van der Waals surface area contributed by atoms with Crippen LogP contribution in [0.15, 0.2) is 29.0 Å². The molecule has 0 aromatic carbocycles. The van der Waals surface area contributed by atoms with Crippen molar-refractivity contribution in [2.45, 2.75) is 51.1 Å². The zero-order valence-electron chi connectivity index (χ0n) is 11.4. The second kappa shape index (κ2) is 5.21. The second-order valence-electron chi connectivity index (χ2n) is 5.50. The molecule has 4 heteroatoms. The van der Waals surface area contributed by atoms with Crippen molar-refractivity contribution >= 4 is 0 Å². The molecule has 1 atom stereocenters. The molecule has 19 heavy (non-hydrogen) atoms. The van der Waals surface area contributed by atoms with E-state index in [0.717, 1.165) is 23.4 Å². The van der Waals surface area contributed by atoms with Gasteiger partial charge in [0, 0.05) is 12.6 Å². The number of nitrogens with zero attached hydrogens (tertiary/aromatic N) is 2. The molecule has 0 bridgehead atoms. The van der Waals surface area contributed by atoms with Crippen LogP contribution >= 0.6 is 0 Å². The summed E-state index contributed by atoms with van der Waals surface area (Å²) in [5.74, 6) is 0.871. The summed E-state index contributed by atoms with van der Waals surface area (Å²) in [6.45, 7) is 2.02. The molecule has 102 valence electrons. The lowest BCUT2D eigenvalue weighted by Gasteiger charge is -2.10. The van der Waals surface area contributed by atoms with Gasteiger partial charge in [-0.2, -0.15) is 5.10 Å². The van der Waals surface area contributed by atoms with Crippen LogP contribution in [0.5, 0.6) is 0 Å². The summed E-state index contributed by atoms with van der Waals surface area (Å²) in [6.07, 6.45) is 9.67. The van der Waals surface area contributed by atoms with Crippen LogP contribution in [0.2, 0.25) is 0 Å². The van der Waals surface area contributed by atoms with E-state index in [9.17, 15) is 0 Å². The van der Waals surface area contributed by atoms with E-state index in [2.05, 4.69) is 22.0 Å². The molecule has 0 aliphatic heterocycles. The van der Waals surface area contributed by atoms with Crippen molar-refractivity contribution in [3.05, 3.63) is 41.6 Å². The fraction of sp³-hybridized carbons (Fsp3) is 0.533. The average Bonchev–Trinajstić information content (AvgIpc) is 3.07. The van der Waals surface area contributed by atoms with E-state index in [1.54, 1.807) is 6.26 Å². The van der Waals surface area contributed by atoms with Crippen LogP contribution in [0.25, 0.3) is 0 Å². The Kier molecular flexibility index (Phi) is 3.42. The fourth-order valence-corrected chi connectivity index (χ4v) is 2.94. The molecular weight excluding hydrogens is 238 g/mol. The minimum atomic E-state index is -0.109. The smallest absolute Gasteiger partial charge is 0.123 e. The Bertz CT molecular complexity index is 537. The number of nitrogens with two attached hydrogens (primary N) is 1. The van der Waals surface area contributed by atoms with Crippen LogP contribution in [0.3, 0.4) is 0 Å². The number of hydrogen-bond acceptors (Lipinski definition) is 3. The molecule has 2 aromatic heterocycles. The van der Waals surface area contributed by atoms with Gasteiger partial charge in [-0.15, -0.1) is 0 Å². The molecule has 1 fully saturated rings. The predicted octanol–water partition coefficient (Wildman–Crippen LogP) is 3.14. The quantitative estimate of drug-likeness (QED) is 0.917. The Morgan fingerprint density at radius 2 is 2.21 bits per heavy atom. The normalized spacial score (nSPS) is 18.0. The SMILES string of the molecule is Cc1ccoc1C(N)Cc1ccn(C2CCCC2)n1. The Labute approximate surface area is 113 Å². The van der Waals surface area contributed by atoms with Crippen LogP contribution in [-0.2, 0) is 6.42 Å². The molecule has 2 N–H and O–H groups in total. The van der Waals surface area contributed by atoms with Crippen LogP contribution < -0.4 is 5.73 Å². The van der Waals surface area contributed by atoms with Crippen LogP contribution in [-0.4, -0.2) is 9.78 Å². The molecule has 2 aromatic rings. The van der Waals surface area contributed by atoms with Crippen molar-refractivity contribution in [2.75, 3.05) is 0 Å². The molecule has 1 aliphatic rings. The van der Waals surface area contributed by atoms with Gasteiger partial charge >= 0.3 is 0 Å². The highest BCUT2D eigenvalue weighted by Gasteiger charge is 2.19. The number of rotatable bonds is 4. The Hall–Kier alpha value is -1.55. The van der Waals surface area contributed by atoms with Gasteiger partial charge in [-0.25, -0.2) is 0 Å². The third kappa shape index (κ3) is 2.59.